The summed E-state index contributed by atoms with van der Waals surface area (Å²) >= 11 is 5.09. The number of thiophene rings is 1. The van der Waals surface area contributed by atoms with Gasteiger partial charge in [0.15, 0.2) is 0 Å². The maximum atomic E-state index is 11.7. The van der Waals surface area contributed by atoms with Crippen molar-refractivity contribution in [3.05, 3.63) is 20.8 Å². The third kappa shape index (κ3) is 6.41. The van der Waals surface area contributed by atoms with E-state index in [1.165, 1.54) is 4.88 Å². The SMILES string of the molecule is CNCCCC(=O)N(C)Cc1ccc(Br)s1.Cl. The first kappa shape index (κ1) is 16.9. The summed E-state index contributed by atoms with van der Waals surface area (Å²) in [5.41, 5.74) is 0. The Morgan fingerprint density at radius 1 is 1.53 bits per heavy atom. The van der Waals surface area contributed by atoms with Crippen molar-refractivity contribution < 1.29 is 4.79 Å². The number of rotatable bonds is 6. The van der Waals surface area contributed by atoms with E-state index >= 15 is 0 Å². The summed E-state index contributed by atoms with van der Waals surface area (Å²) in [6.07, 6.45) is 1.51. The molecule has 0 fully saturated rings. The molecule has 0 saturated heterocycles. The highest BCUT2D eigenvalue weighted by atomic mass is 79.9. The predicted octanol–water partition coefficient (Wildman–Crippen LogP) is 2.89. The third-order valence-electron chi connectivity index (χ3n) is 2.27. The summed E-state index contributed by atoms with van der Waals surface area (Å²) in [6.45, 7) is 1.60. The van der Waals surface area contributed by atoms with Gasteiger partial charge in [0.25, 0.3) is 0 Å². The molecular weight excluding hydrogens is 324 g/mol. The Morgan fingerprint density at radius 2 is 2.24 bits per heavy atom. The number of carbonyl (C=O) groups excluding carboxylic acids is 1. The Bertz CT molecular complexity index is 346. The molecule has 6 heteroatoms. The van der Waals surface area contributed by atoms with Crippen molar-refractivity contribution in [1.82, 2.24) is 10.2 Å². The Morgan fingerprint density at radius 3 is 2.76 bits per heavy atom. The van der Waals surface area contributed by atoms with Gasteiger partial charge < -0.3 is 10.2 Å². The minimum absolute atomic E-state index is 0. The van der Waals surface area contributed by atoms with Crippen LogP contribution in [0.25, 0.3) is 0 Å². The number of hydrogen-bond acceptors (Lipinski definition) is 3. The van der Waals surface area contributed by atoms with E-state index in [4.69, 9.17) is 0 Å². The van der Waals surface area contributed by atoms with Crippen LogP contribution >= 0.6 is 39.7 Å². The van der Waals surface area contributed by atoms with Crippen molar-refractivity contribution in [2.45, 2.75) is 19.4 Å². The maximum Gasteiger partial charge on any atom is 0.222 e. The summed E-state index contributed by atoms with van der Waals surface area (Å²) in [4.78, 5) is 14.7. The molecule has 0 radical (unpaired) electrons. The molecule has 1 heterocycles. The molecule has 1 aromatic heterocycles. The quantitative estimate of drug-likeness (QED) is 0.807. The van der Waals surface area contributed by atoms with E-state index in [1.54, 1.807) is 16.2 Å². The van der Waals surface area contributed by atoms with E-state index in [9.17, 15) is 4.79 Å². The zero-order valence-electron chi connectivity index (χ0n) is 10.0. The van der Waals surface area contributed by atoms with Gasteiger partial charge in [-0.3, -0.25) is 4.79 Å². The van der Waals surface area contributed by atoms with Crippen molar-refractivity contribution in [3.8, 4) is 0 Å². The molecule has 0 spiro atoms. The van der Waals surface area contributed by atoms with Gasteiger partial charge in [-0.15, -0.1) is 23.7 Å². The number of halogens is 2. The molecule has 1 amide bonds. The molecule has 0 aliphatic rings. The summed E-state index contributed by atoms with van der Waals surface area (Å²) in [6, 6.07) is 4.06. The minimum Gasteiger partial charge on any atom is -0.341 e. The lowest BCUT2D eigenvalue weighted by Gasteiger charge is -2.15. The molecule has 0 atom stereocenters. The van der Waals surface area contributed by atoms with Crippen molar-refractivity contribution in [3.63, 3.8) is 0 Å². The molecule has 0 aliphatic carbocycles. The summed E-state index contributed by atoms with van der Waals surface area (Å²) in [7, 11) is 3.76. The number of hydrogen-bond donors (Lipinski definition) is 1. The Kier molecular flexibility index (Phi) is 8.86. The van der Waals surface area contributed by atoms with E-state index in [1.807, 2.05) is 26.2 Å². The van der Waals surface area contributed by atoms with Gasteiger partial charge in [-0.1, -0.05) is 0 Å². The fourth-order valence-electron chi connectivity index (χ4n) is 1.37. The first-order valence-corrected chi connectivity index (χ1v) is 6.87. The minimum atomic E-state index is 0. The van der Waals surface area contributed by atoms with E-state index < -0.39 is 0 Å². The topological polar surface area (TPSA) is 32.3 Å². The molecule has 1 aromatic rings. The van der Waals surface area contributed by atoms with E-state index in [2.05, 4.69) is 21.2 Å². The van der Waals surface area contributed by atoms with Crippen LogP contribution in [0.1, 0.15) is 17.7 Å². The van der Waals surface area contributed by atoms with Crippen LogP contribution in [0.3, 0.4) is 0 Å². The van der Waals surface area contributed by atoms with Crippen LogP contribution in [-0.2, 0) is 11.3 Å². The molecule has 3 nitrogen and oxygen atoms in total. The number of carbonyl (C=O) groups is 1. The number of nitrogens with one attached hydrogen (secondary N) is 1. The van der Waals surface area contributed by atoms with Crippen molar-refractivity contribution in [2.75, 3.05) is 20.6 Å². The number of nitrogens with zero attached hydrogens (tertiary/aromatic N) is 1. The van der Waals surface area contributed by atoms with Crippen LogP contribution in [0, 0.1) is 0 Å². The number of amides is 1. The van der Waals surface area contributed by atoms with Gasteiger partial charge in [-0.05, 0) is 48.1 Å². The second-order valence-electron chi connectivity index (χ2n) is 3.66. The van der Waals surface area contributed by atoms with Gasteiger partial charge in [-0.2, -0.15) is 0 Å². The zero-order valence-corrected chi connectivity index (χ0v) is 13.3. The maximum absolute atomic E-state index is 11.7. The Balaban J connectivity index is 0.00000256. The van der Waals surface area contributed by atoms with Gasteiger partial charge in [0.1, 0.15) is 0 Å². The van der Waals surface area contributed by atoms with Crippen LogP contribution < -0.4 is 5.32 Å². The monoisotopic (exact) mass is 340 g/mol. The summed E-state index contributed by atoms with van der Waals surface area (Å²) in [5.74, 6) is 0.208. The van der Waals surface area contributed by atoms with Crippen molar-refractivity contribution in [2.24, 2.45) is 0 Å². The molecule has 98 valence electrons. The van der Waals surface area contributed by atoms with Crippen LogP contribution in [0.2, 0.25) is 0 Å². The van der Waals surface area contributed by atoms with E-state index in [0.29, 0.717) is 13.0 Å². The Labute approximate surface area is 121 Å². The lowest BCUT2D eigenvalue weighted by Crippen LogP contribution is -2.26. The van der Waals surface area contributed by atoms with E-state index in [-0.39, 0.29) is 18.3 Å². The van der Waals surface area contributed by atoms with Crippen molar-refractivity contribution >= 4 is 45.6 Å². The lowest BCUT2D eigenvalue weighted by atomic mass is 10.2. The second kappa shape index (κ2) is 8.91. The predicted molar refractivity (Wildman–Crippen MR) is 78.9 cm³/mol. The molecule has 1 rings (SSSR count). The first-order chi connectivity index (χ1) is 7.63. The third-order valence-corrected chi connectivity index (χ3v) is 3.87. The summed E-state index contributed by atoms with van der Waals surface area (Å²) in [5, 5.41) is 3.04. The normalized spacial score (nSPS) is 9.82. The smallest absolute Gasteiger partial charge is 0.222 e. The van der Waals surface area contributed by atoms with Crippen LogP contribution in [0.5, 0.6) is 0 Å². The van der Waals surface area contributed by atoms with Crippen LogP contribution in [0.4, 0.5) is 0 Å². The Hall–Kier alpha value is -0.100. The highest BCUT2D eigenvalue weighted by Gasteiger charge is 2.09. The summed E-state index contributed by atoms with van der Waals surface area (Å²) < 4.78 is 1.11. The molecule has 17 heavy (non-hydrogen) atoms. The highest BCUT2D eigenvalue weighted by molar-refractivity contribution is 9.11. The molecule has 1 N–H and O–H groups in total. The van der Waals surface area contributed by atoms with Crippen LogP contribution in [0.15, 0.2) is 15.9 Å². The fraction of sp³-hybridized carbons (Fsp3) is 0.545. The zero-order chi connectivity index (χ0) is 12.0. The van der Waals surface area contributed by atoms with Gasteiger partial charge in [-0.25, -0.2) is 0 Å². The van der Waals surface area contributed by atoms with Crippen molar-refractivity contribution in [1.29, 1.82) is 0 Å². The van der Waals surface area contributed by atoms with Gasteiger partial charge in [0, 0.05) is 18.3 Å². The first-order valence-electron chi connectivity index (χ1n) is 5.26. The molecule has 0 unspecified atom stereocenters. The van der Waals surface area contributed by atoms with Gasteiger partial charge >= 0.3 is 0 Å². The largest absolute Gasteiger partial charge is 0.341 e. The second-order valence-corrected chi connectivity index (χ2v) is 6.21. The average molecular weight is 342 g/mol. The van der Waals surface area contributed by atoms with Gasteiger partial charge in [0.2, 0.25) is 5.91 Å². The molecular formula is C11H18BrClN2OS. The van der Waals surface area contributed by atoms with E-state index in [0.717, 1.165) is 16.8 Å². The molecule has 0 saturated carbocycles. The van der Waals surface area contributed by atoms with Crippen LogP contribution in [-0.4, -0.2) is 31.4 Å². The molecule has 0 aromatic carbocycles. The molecule has 0 aliphatic heterocycles. The fourth-order valence-corrected chi connectivity index (χ4v) is 2.90. The lowest BCUT2D eigenvalue weighted by molar-refractivity contribution is -0.130. The van der Waals surface area contributed by atoms with Gasteiger partial charge in [0.05, 0.1) is 10.3 Å². The average Bonchev–Trinajstić information content (AvgIpc) is 2.64. The molecule has 0 bridgehead atoms. The highest BCUT2D eigenvalue weighted by Crippen LogP contribution is 2.23. The standard InChI is InChI=1S/C11H17BrN2OS.ClH/c1-13-7-3-4-11(15)14(2)8-9-5-6-10(12)16-9;/h5-6,13H,3-4,7-8H2,1-2H3;1H.